The monoisotopic (exact) mass is 192 g/mol. The molecule has 0 aromatic heterocycles. The van der Waals surface area contributed by atoms with E-state index in [0.29, 0.717) is 11.3 Å². The molecule has 2 N–H and O–H groups in total. The minimum atomic E-state index is -0.501. The van der Waals surface area contributed by atoms with E-state index >= 15 is 0 Å². The lowest BCUT2D eigenvalue weighted by Crippen LogP contribution is -2.24. The minimum absolute atomic E-state index is 0.321. The Balaban J connectivity index is 2.86. The highest BCUT2D eigenvalue weighted by Crippen LogP contribution is 2.16. The van der Waals surface area contributed by atoms with Crippen molar-refractivity contribution in [2.75, 3.05) is 5.73 Å². The van der Waals surface area contributed by atoms with Gasteiger partial charge in [0.1, 0.15) is 5.60 Å². The molecule has 0 aliphatic rings. The van der Waals surface area contributed by atoms with Gasteiger partial charge in [-0.2, -0.15) is 0 Å². The van der Waals surface area contributed by atoms with Gasteiger partial charge in [0.05, 0.1) is 11.3 Å². The summed E-state index contributed by atoms with van der Waals surface area (Å²) in [6.45, 7) is 5.44. The molecule has 3 heteroatoms. The quantitative estimate of drug-likeness (QED) is 0.547. The van der Waals surface area contributed by atoms with Gasteiger partial charge >= 0.3 is 5.97 Å². The van der Waals surface area contributed by atoms with Crippen LogP contribution in [0.25, 0.3) is 0 Å². The van der Waals surface area contributed by atoms with Crippen molar-refractivity contribution in [3.63, 3.8) is 0 Å². The van der Waals surface area contributed by atoms with Crippen LogP contribution in [0.4, 0.5) is 5.69 Å². The number of esters is 1. The number of benzene rings is 1. The number of ether oxygens (including phenoxy) is 1. The molecule has 0 bridgehead atoms. The van der Waals surface area contributed by atoms with Crippen molar-refractivity contribution in [3.8, 4) is 0 Å². The van der Waals surface area contributed by atoms with Crippen LogP contribution < -0.4 is 5.73 Å². The average Bonchev–Trinajstić information content (AvgIpc) is 2.01. The fraction of sp³-hybridized carbons (Fsp3) is 0.364. The van der Waals surface area contributed by atoms with Gasteiger partial charge in [0.25, 0.3) is 0 Å². The van der Waals surface area contributed by atoms with E-state index in [9.17, 15) is 4.79 Å². The van der Waals surface area contributed by atoms with Crippen molar-refractivity contribution >= 4 is 11.7 Å². The maximum Gasteiger partial charge on any atom is 0.340 e. The topological polar surface area (TPSA) is 52.3 Å². The van der Waals surface area contributed by atoms with Crippen molar-refractivity contribution in [1.82, 2.24) is 0 Å². The lowest BCUT2D eigenvalue weighted by molar-refractivity contribution is 0.00708. The molecule has 1 aromatic carbocycles. The van der Waals surface area contributed by atoms with Gasteiger partial charge in [0.2, 0.25) is 0 Å². The predicted molar refractivity (Wildman–Crippen MR) is 54.9 cm³/mol. The summed E-state index contributed by atoms with van der Waals surface area (Å²) in [5.74, 6) is -0.410. The Morgan fingerprint density at radius 3 is 2.64 bits per heavy atom. The van der Waals surface area contributed by atoms with Crippen LogP contribution in [-0.2, 0) is 4.74 Å². The van der Waals surface area contributed by atoms with Crippen LogP contribution in [0.2, 0.25) is 0 Å². The highest BCUT2D eigenvalue weighted by atomic mass is 16.6. The highest BCUT2D eigenvalue weighted by Gasteiger charge is 2.19. The lowest BCUT2D eigenvalue weighted by Gasteiger charge is -2.19. The largest absolute Gasteiger partial charge is 0.456 e. The number of carbonyl (C=O) groups excluding carboxylic acids is 1. The molecule has 1 radical (unpaired) electrons. The summed E-state index contributed by atoms with van der Waals surface area (Å²) in [7, 11) is 0. The molecule has 3 nitrogen and oxygen atoms in total. The molecule has 0 heterocycles. The van der Waals surface area contributed by atoms with Crippen LogP contribution in [-0.4, -0.2) is 11.6 Å². The first-order valence-corrected chi connectivity index (χ1v) is 4.40. The predicted octanol–water partition coefficient (Wildman–Crippen LogP) is 2.02. The second kappa shape index (κ2) is 3.70. The summed E-state index contributed by atoms with van der Waals surface area (Å²) in [5.41, 5.74) is 5.77. The molecule has 0 saturated carbocycles. The molecule has 1 rings (SSSR count). The number of anilines is 1. The number of hydrogen-bond acceptors (Lipinski definition) is 3. The molecule has 0 aliphatic carbocycles. The van der Waals surface area contributed by atoms with Crippen LogP contribution in [0.1, 0.15) is 31.1 Å². The fourth-order valence-electron chi connectivity index (χ4n) is 0.961. The molecular formula is C11H14NO2. The Labute approximate surface area is 83.9 Å². The van der Waals surface area contributed by atoms with E-state index in [-0.39, 0.29) is 0 Å². The van der Waals surface area contributed by atoms with Gasteiger partial charge in [-0.3, -0.25) is 0 Å². The third-order valence-corrected chi connectivity index (χ3v) is 1.51. The number of nitrogen functional groups attached to an aromatic ring is 1. The van der Waals surface area contributed by atoms with Gasteiger partial charge in [-0.05, 0) is 26.8 Å². The molecule has 0 spiro atoms. The fourth-order valence-corrected chi connectivity index (χ4v) is 0.961. The van der Waals surface area contributed by atoms with Gasteiger partial charge in [0, 0.05) is 6.07 Å². The summed E-state index contributed by atoms with van der Waals surface area (Å²) in [4.78, 5) is 11.6. The van der Waals surface area contributed by atoms with Gasteiger partial charge in [0.15, 0.2) is 0 Å². The van der Waals surface area contributed by atoms with E-state index in [1.165, 1.54) is 0 Å². The van der Waals surface area contributed by atoms with Gasteiger partial charge in [-0.15, -0.1) is 0 Å². The van der Waals surface area contributed by atoms with Crippen molar-refractivity contribution in [2.45, 2.75) is 26.4 Å². The standard InChI is InChI=1S/C11H14NO2/c1-11(2,3)14-10(13)8-6-4-5-7-9(8)12/h4-6H,12H2,1-3H3. The number of nitrogens with two attached hydrogens (primary N) is 1. The molecule has 0 atom stereocenters. The molecule has 1 aromatic rings. The Kier molecular flexibility index (Phi) is 2.79. The SMILES string of the molecule is CC(C)(C)OC(=O)c1ccc[c]c1N. The zero-order valence-corrected chi connectivity index (χ0v) is 8.63. The molecule has 0 aliphatic heterocycles. The summed E-state index contributed by atoms with van der Waals surface area (Å²) in [5, 5.41) is 0. The first-order valence-electron chi connectivity index (χ1n) is 4.40. The normalized spacial score (nSPS) is 11.1. The summed E-state index contributed by atoms with van der Waals surface area (Å²) < 4.78 is 5.17. The van der Waals surface area contributed by atoms with E-state index < -0.39 is 11.6 Å². The van der Waals surface area contributed by atoms with Crippen LogP contribution in [0.3, 0.4) is 0 Å². The molecule has 0 unspecified atom stereocenters. The average molecular weight is 192 g/mol. The van der Waals surface area contributed by atoms with E-state index in [2.05, 4.69) is 6.07 Å². The number of para-hydroxylation sites is 1. The summed E-state index contributed by atoms with van der Waals surface area (Å²) >= 11 is 0. The van der Waals surface area contributed by atoms with Crippen molar-refractivity contribution in [2.24, 2.45) is 0 Å². The lowest BCUT2D eigenvalue weighted by atomic mass is 10.1. The zero-order chi connectivity index (χ0) is 10.8. The van der Waals surface area contributed by atoms with E-state index in [1.54, 1.807) is 18.2 Å². The number of carbonyl (C=O) groups is 1. The number of rotatable bonds is 1. The Morgan fingerprint density at radius 2 is 2.14 bits per heavy atom. The smallest absolute Gasteiger partial charge is 0.340 e. The third-order valence-electron chi connectivity index (χ3n) is 1.51. The maximum atomic E-state index is 11.6. The third kappa shape index (κ3) is 2.76. The van der Waals surface area contributed by atoms with Crippen LogP contribution >= 0.6 is 0 Å². The van der Waals surface area contributed by atoms with E-state index in [0.717, 1.165) is 0 Å². The van der Waals surface area contributed by atoms with E-state index in [1.807, 2.05) is 20.8 Å². The minimum Gasteiger partial charge on any atom is -0.456 e. The molecule has 0 saturated heterocycles. The van der Waals surface area contributed by atoms with Crippen molar-refractivity contribution < 1.29 is 9.53 Å². The van der Waals surface area contributed by atoms with Crippen LogP contribution in [0, 0.1) is 6.07 Å². The summed E-state index contributed by atoms with van der Waals surface area (Å²) in [6, 6.07) is 7.73. The Hall–Kier alpha value is -1.51. The molecule has 0 fully saturated rings. The van der Waals surface area contributed by atoms with Gasteiger partial charge in [-0.1, -0.05) is 12.1 Å². The molecular weight excluding hydrogens is 178 g/mol. The van der Waals surface area contributed by atoms with Crippen molar-refractivity contribution in [3.05, 3.63) is 29.8 Å². The van der Waals surface area contributed by atoms with E-state index in [4.69, 9.17) is 10.5 Å². The van der Waals surface area contributed by atoms with Gasteiger partial charge in [-0.25, -0.2) is 4.79 Å². The molecule has 14 heavy (non-hydrogen) atoms. The second-order valence-corrected chi connectivity index (χ2v) is 4.00. The Morgan fingerprint density at radius 1 is 1.50 bits per heavy atom. The Bertz CT molecular complexity index is 339. The van der Waals surface area contributed by atoms with Crippen LogP contribution in [0.15, 0.2) is 18.2 Å². The van der Waals surface area contributed by atoms with Crippen molar-refractivity contribution in [1.29, 1.82) is 0 Å². The molecule has 75 valence electrons. The summed E-state index contributed by atoms with van der Waals surface area (Å²) in [6.07, 6.45) is 0. The first-order chi connectivity index (χ1) is 6.40. The van der Waals surface area contributed by atoms with Gasteiger partial charge < -0.3 is 10.5 Å². The highest BCUT2D eigenvalue weighted by molar-refractivity contribution is 5.95. The first kappa shape index (κ1) is 10.6. The second-order valence-electron chi connectivity index (χ2n) is 4.00. The van der Waals surface area contributed by atoms with Crippen LogP contribution in [0.5, 0.6) is 0 Å². The number of hydrogen-bond donors (Lipinski definition) is 1. The zero-order valence-electron chi connectivity index (χ0n) is 8.63. The molecule has 0 amide bonds. The maximum absolute atomic E-state index is 11.6.